The van der Waals surface area contributed by atoms with Gasteiger partial charge in [-0.05, 0) is 72.6 Å². The van der Waals surface area contributed by atoms with E-state index >= 15 is 0 Å². The first-order valence-electron chi connectivity index (χ1n) is 8.93. The van der Waals surface area contributed by atoms with Crippen molar-refractivity contribution in [3.05, 3.63) is 64.5 Å². The normalized spacial score (nSPS) is 11.3. The molecular weight excluding hydrogens is 420 g/mol. The molecule has 1 aromatic carbocycles. The van der Waals surface area contributed by atoms with Crippen LogP contribution in [0.15, 0.2) is 57.7 Å². The van der Waals surface area contributed by atoms with E-state index < -0.39 is 0 Å². The number of aryl methyl sites for hydroxylation is 1. The third-order valence-electron chi connectivity index (χ3n) is 4.45. The van der Waals surface area contributed by atoms with E-state index in [0.29, 0.717) is 33.7 Å². The first kappa shape index (κ1) is 18.4. The number of furan rings is 1. The summed E-state index contributed by atoms with van der Waals surface area (Å²) >= 11 is 3.51. The van der Waals surface area contributed by atoms with Crippen LogP contribution in [0.5, 0.6) is 0 Å². The summed E-state index contributed by atoms with van der Waals surface area (Å²) in [7, 11) is 0. The molecule has 3 heterocycles. The Balaban J connectivity index is 1.83. The Morgan fingerprint density at radius 2 is 2.07 bits per heavy atom. The summed E-state index contributed by atoms with van der Waals surface area (Å²) in [6, 6.07) is 11.3. The van der Waals surface area contributed by atoms with Crippen molar-refractivity contribution in [2.45, 2.75) is 26.8 Å². The number of rotatable bonds is 4. The summed E-state index contributed by atoms with van der Waals surface area (Å²) in [5.41, 5.74) is 3.55. The zero-order chi connectivity index (χ0) is 19.8. The smallest absolute Gasteiger partial charge is 0.256 e. The predicted molar refractivity (Wildman–Crippen MR) is 112 cm³/mol. The average molecular weight is 439 g/mol. The van der Waals surface area contributed by atoms with Gasteiger partial charge in [-0.15, -0.1) is 0 Å². The van der Waals surface area contributed by atoms with Crippen LogP contribution >= 0.6 is 15.9 Å². The molecule has 0 bridgehead atoms. The molecule has 4 rings (SSSR count). The fourth-order valence-electron chi connectivity index (χ4n) is 3.05. The summed E-state index contributed by atoms with van der Waals surface area (Å²) in [5, 5.41) is 8.11. The summed E-state index contributed by atoms with van der Waals surface area (Å²) < 4.78 is 8.13. The maximum absolute atomic E-state index is 13.1. The van der Waals surface area contributed by atoms with E-state index in [9.17, 15) is 4.79 Å². The van der Waals surface area contributed by atoms with Crippen LogP contribution in [-0.4, -0.2) is 20.7 Å². The highest BCUT2D eigenvalue weighted by Crippen LogP contribution is 2.29. The number of halogens is 1. The van der Waals surface area contributed by atoms with Crippen molar-refractivity contribution >= 4 is 38.6 Å². The number of nitrogens with zero attached hydrogens (tertiary/aromatic N) is 3. The molecule has 0 radical (unpaired) electrons. The van der Waals surface area contributed by atoms with Crippen molar-refractivity contribution in [3.63, 3.8) is 0 Å². The number of carbonyl (C=O) groups excluding carboxylic acids is 1. The molecule has 0 saturated heterocycles. The van der Waals surface area contributed by atoms with Gasteiger partial charge in [-0.25, -0.2) is 9.67 Å². The maximum Gasteiger partial charge on any atom is 0.256 e. The third-order valence-corrected chi connectivity index (χ3v) is 5.10. The van der Waals surface area contributed by atoms with Gasteiger partial charge in [0.05, 0.1) is 29.1 Å². The van der Waals surface area contributed by atoms with Gasteiger partial charge in [-0.1, -0.05) is 6.07 Å². The summed E-state index contributed by atoms with van der Waals surface area (Å²) in [6.45, 7) is 6.05. The van der Waals surface area contributed by atoms with Gasteiger partial charge < -0.3 is 9.73 Å². The Morgan fingerprint density at radius 1 is 1.25 bits per heavy atom. The highest BCUT2D eigenvalue weighted by atomic mass is 79.9. The monoisotopic (exact) mass is 438 g/mol. The Labute approximate surface area is 170 Å². The van der Waals surface area contributed by atoms with Gasteiger partial charge in [0.2, 0.25) is 0 Å². The molecule has 1 N–H and O–H groups in total. The van der Waals surface area contributed by atoms with E-state index in [2.05, 4.69) is 26.3 Å². The molecule has 3 aromatic heterocycles. The first-order valence-corrected chi connectivity index (χ1v) is 9.73. The van der Waals surface area contributed by atoms with Crippen molar-refractivity contribution < 1.29 is 9.21 Å². The van der Waals surface area contributed by atoms with E-state index in [4.69, 9.17) is 9.40 Å². The van der Waals surface area contributed by atoms with E-state index in [0.717, 1.165) is 10.0 Å². The number of carbonyl (C=O) groups is 1. The molecule has 0 fully saturated rings. The Kier molecular flexibility index (Phi) is 4.77. The van der Waals surface area contributed by atoms with Crippen LogP contribution in [0.25, 0.3) is 22.5 Å². The van der Waals surface area contributed by atoms with Crippen molar-refractivity contribution in [3.8, 4) is 11.5 Å². The number of fused-ring (bicyclic) bond motifs is 1. The molecule has 0 unspecified atom stereocenters. The SMILES string of the molecule is Cc1ccc(NC(=O)c2cc(-c3ccco3)nc3c2cnn3C(C)C)c(Br)c1. The van der Waals surface area contributed by atoms with Gasteiger partial charge in [0.1, 0.15) is 5.69 Å². The molecule has 0 spiro atoms. The molecule has 0 atom stereocenters. The van der Waals surface area contributed by atoms with E-state index in [-0.39, 0.29) is 11.9 Å². The lowest BCUT2D eigenvalue weighted by atomic mass is 10.1. The van der Waals surface area contributed by atoms with E-state index in [1.54, 1.807) is 29.3 Å². The van der Waals surface area contributed by atoms with E-state index in [1.165, 1.54) is 0 Å². The maximum atomic E-state index is 13.1. The molecule has 4 aromatic rings. The standard InChI is InChI=1S/C21H19BrN4O2/c1-12(2)26-20-15(11-23-26)14(10-18(24-20)19-5-4-8-28-19)21(27)25-17-7-6-13(3)9-16(17)22/h4-12H,1-3H3,(H,25,27). The van der Waals surface area contributed by atoms with Crippen LogP contribution in [0, 0.1) is 6.92 Å². The van der Waals surface area contributed by atoms with Crippen LogP contribution in [0.4, 0.5) is 5.69 Å². The van der Waals surface area contributed by atoms with Gasteiger partial charge >= 0.3 is 0 Å². The lowest BCUT2D eigenvalue weighted by Crippen LogP contribution is -2.14. The quantitative estimate of drug-likeness (QED) is 0.450. The fourth-order valence-corrected chi connectivity index (χ4v) is 3.64. The van der Waals surface area contributed by atoms with Crippen LogP contribution in [-0.2, 0) is 0 Å². The number of benzene rings is 1. The molecule has 28 heavy (non-hydrogen) atoms. The number of aromatic nitrogens is 3. The van der Waals surface area contributed by atoms with Crippen LogP contribution < -0.4 is 5.32 Å². The van der Waals surface area contributed by atoms with Crippen molar-refractivity contribution in [1.29, 1.82) is 0 Å². The second kappa shape index (κ2) is 7.24. The fraction of sp³-hybridized carbons (Fsp3) is 0.190. The summed E-state index contributed by atoms with van der Waals surface area (Å²) in [5.74, 6) is 0.372. The molecular formula is C21H19BrN4O2. The lowest BCUT2D eigenvalue weighted by molar-refractivity contribution is 0.102. The second-order valence-electron chi connectivity index (χ2n) is 6.89. The molecule has 0 aliphatic heterocycles. The minimum absolute atomic E-state index is 0.110. The zero-order valence-electron chi connectivity index (χ0n) is 15.7. The molecule has 0 aliphatic carbocycles. The Bertz CT molecular complexity index is 1160. The highest BCUT2D eigenvalue weighted by Gasteiger charge is 2.20. The summed E-state index contributed by atoms with van der Waals surface area (Å²) in [6.07, 6.45) is 3.28. The molecule has 1 amide bonds. The minimum Gasteiger partial charge on any atom is -0.463 e. The first-order chi connectivity index (χ1) is 13.4. The number of hydrogen-bond acceptors (Lipinski definition) is 4. The second-order valence-corrected chi connectivity index (χ2v) is 7.74. The van der Waals surface area contributed by atoms with Crippen LogP contribution in [0.1, 0.15) is 35.8 Å². The van der Waals surface area contributed by atoms with Crippen LogP contribution in [0.2, 0.25) is 0 Å². The van der Waals surface area contributed by atoms with Crippen molar-refractivity contribution in [1.82, 2.24) is 14.8 Å². The molecule has 0 saturated carbocycles. The predicted octanol–water partition coefficient (Wildman–Crippen LogP) is 5.60. The molecule has 0 aliphatic rings. The topological polar surface area (TPSA) is 73.0 Å². The number of anilines is 1. The zero-order valence-corrected chi connectivity index (χ0v) is 17.3. The van der Waals surface area contributed by atoms with Gasteiger partial charge in [-0.2, -0.15) is 5.10 Å². The van der Waals surface area contributed by atoms with Gasteiger partial charge in [0.15, 0.2) is 11.4 Å². The number of hydrogen-bond donors (Lipinski definition) is 1. The van der Waals surface area contributed by atoms with Crippen molar-refractivity contribution in [2.75, 3.05) is 5.32 Å². The molecule has 7 heteroatoms. The van der Waals surface area contributed by atoms with Crippen LogP contribution in [0.3, 0.4) is 0 Å². The Hall–Kier alpha value is -2.93. The highest BCUT2D eigenvalue weighted by molar-refractivity contribution is 9.10. The Morgan fingerprint density at radius 3 is 2.75 bits per heavy atom. The third kappa shape index (κ3) is 3.33. The number of amides is 1. The van der Waals surface area contributed by atoms with E-state index in [1.807, 2.05) is 45.0 Å². The molecule has 6 nitrogen and oxygen atoms in total. The average Bonchev–Trinajstić information content (AvgIpc) is 3.32. The van der Waals surface area contributed by atoms with Gasteiger partial charge in [-0.3, -0.25) is 4.79 Å². The summed E-state index contributed by atoms with van der Waals surface area (Å²) in [4.78, 5) is 17.8. The molecule has 142 valence electrons. The van der Waals surface area contributed by atoms with Gasteiger partial charge in [0, 0.05) is 10.5 Å². The largest absolute Gasteiger partial charge is 0.463 e. The minimum atomic E-state index is -0.229. The van der Waals surface area contributed by atoms with Gasteiger partial charge in [0.25, 0.3) is 5.91 Å². The lowest BCUT2D eigenvalue weighted by Gasteiger charge is -2.11. The van der Waals surface area contributed by atoms with Crippen molar-refractivity contribution in [2.24, 2.45) is 0 Å². The number of nitrogens with one attached hydrogen (secondary N) is 1. The number of pyridine rings is 1.